The summed E-state index contributed by atoms with van der Waals surface area (Å²) in [4.78, 5) is 0. The zero-order valence-corrected chi connectivity index (χ0v) is 13.4. The molecule has 0 saturated carbocycles. The third-order valence-corrected chi connectivity index (χ3v) is 3.72. The van der Waals surface area contributed by atoms with Crippen LogP contribution in [0.1, 0.15) is 41.5 Å². The lowest BCUT2D eigenvalue weighted by Crippen LogP contribution is -2.55. The van der Waals surface area contributed by atoms with Crippen molar-refractivity contribution in [3.8, 4) is 0 Å². The molecule has 0 saturated heterocycles. The summed E-state index contributed by atoms with van der Waals surface area (Å²) in [5.74, 6) is 0. The van der Waals surface area contributed by atoms with E-state index in [4.69, 9.17) is 16.1 Å². The van der Waals surface area contributed by atoms with Gasteiger partial charge in [0.2, 0.25) is 0 Å². The molecule has 0 aromatic carbocycles. The van der Waals surface area contributed by atoms with Gasteiger partial charge < -0.3 is 26.8 Å². The van der Waals surface area contributed by atoms with Crippen LogP contribution in [0, 0.1) is 0 Å². The van der Waals surface area contributed by atoms with E-state index in [-0.39, 0.29) is 6.04 Å². The van der Waals surface area contributed by atoms with Crippen molar-refractivity contribution in [3.05, 3.63) is 0 Å². The summed E-state index contributed by atoms with van der Waals surface area (Å²) in [6, 6.07) is -0.119. The number of rotatable bonds is 8. The van der Waals surface area contributed by atoms with Crippen LogP contribution in [0.15, 0.2) is 10.3 Å². The third kappa shape index (κ3) is 5.85. The smallest absolute Gasteiger partial charge is 0.0734 e. The van der Waals surface area contributed by atoms with Gasteiger partial charge in [-0.1, -0.05) is 10.3 Å². The van der Waals surface area contributed by atoms with Gasteiger partial charge in [0.25, 0.3) is 0 Å². The molecule has 0 radical (unpaired) electrons. The highest BCUT2D eigenvalue weighted by Gasteiger charge is 2.24. The summed E-state index contributed by atoms with van der Waals surface area (Å²) in [7, 11) is 0. The van der Waals surface area contributed by atoms with Gasteiger partial charge in [-0.15, -0.1) is 0 Å². The second-order valence-corrected chi connectivity index (χ2v) is 6.14. The number of oxime groups is 2. The quantitative estimate of drug-likeness (QED) is 0.257. The van der Waals surface area contributed by atoms with E-state index in [1.165, 1.54) is 0 Å². The number of hydrogen-bond donors (Lipinski definition) is 5. The summed E-state index contributed by atoms with van der Waals surface area (Å²) in [5, 5.41) is 30.5. The van der Waals surface area contributed by atoms with E-state index in [2.05, 4.69) is 20.9 Å². The molecule has 0 aliphatic rings. The van der Waals surface area contributed by atoms with Gasteiger partial charge in [-0.05, 0) is 41.5 Å². The second-order valence-electron chi connectivity index (χ2n) is 6.14. The molecule has 0 amide bonds. The standard InChI is InChI=1S/C13H29N5O2/c1-9(17-19)12(3,4)15-7-11(14)8-16-13(5,6)10(2)18-20/h11,15-16,19-20H,7-8,14H2,1-6H3/b17-9+,18-10+. The van der Waals surface area contributed by atoms with E-state index >= 15 is 0 Å². The van der Waals surface area contributed by atoms with Crippen LogP contribution in [-0.2, 0) is 0 Å². The zero-order valence-electron chi connectivity index (χ0n) is 13.4. The van der Waals surface area contributed by atoms with E-state index in [0.29, 0.717) is 24.5 Å². The van der Waals surface area contributed by atoms with Crippen molar-refractivity contribution in [2.24, 2.45) is 16.0 Å². The Hall–Kier alpha value is -1.18. The fourth-order valence-electron chi connectivity index (χ4n) is 1.35. The van der Waals surface area contributed by atoms with E-state index in [0.717, 1.165) is 0 Å². The second kappa shape index (κ2) is 7.56. The summed E-state index contributed by atoms with van der Waals surface area (Å²) < 4.78 is 0. The first-order chi connectivity index (χ1) is 9.06. The molecule has 0 aromatic rings. The fourth-order valence-corrected chi connectivity index (χ4v) is 1.35. The van der Waals surface area contributed by atoms with Crippen molar-refractivity contribution in [2.75, 3.05) is 13.1 Å². The minimum Gasteiger partial charge on any atom is -0.411 e. The van der Waals surface area contributed by atoms with Gasteiger partial charge in [-0.3, -0.25) is 0 Å². The van der Waals surface area contributed by atoms with Crippen LogP contribution in [0.5, 0.6) is 0 Å². The number of nitrogens with zero attached hydrogens (tertiary/aromatic N) is 2. The average Bonchev–Trinajstić information content (AvgIpc) is 2.40. The molecule has 0 aromatic heterocycles. The zero-order chi connectivity index (χ0) is 16.0. The van der Waals surface area contributed by atoms with Gasteiger partial charge in [-0.2, -0.15) is 0 Å². The fraction of sp³-hybridized carbons (Fsp3) is 0.846. The van der Waals surface area contributed by atoms with Crippen molar-refractivity contribution in [2.45, 2.75) is 58.7 Å². The molecule has 118 valence electrons. The third-order valence-electron chi connectivity index (χ3n) is 3.72. The molecule has 0 heterocycles. The average molecular weight is 287 g/mol. The molecule has 0 aliphatic heterocycles. The first-order valence-electron chi connectivity index (χ1n) is 6.70. The van der Waals surface area contributed by atoms with Crippen molar-refractivity contribution in [1.29, 1.82) is 0 Å². The molecule has 0 bridgehead atoms. The molecule has 0 atom stereocenters. The normalized spacial score (nSPS) is 16.4. The maximum Gasteiger partial charge on any atom is 0.0734 e. The van der Waals surface area contributed by atoms with Gasteiger partial charge >= 0.3 is 0 Å². The maximum atomic E-state index is 8.80. The molecular weight excluding hydrogens is 258 g/mol. The molecule has 0 spiro atoms. The van der Waals surface area contributed by atoms with Crippen LogP contribution in [0.2, 0.25) is 0 Å². The Morgan fingerprint density at radius 3 is 1.50 bits per heavy atom. The summed E-state index contributed by atoms with van der Waals surface area (Å²) >= 11 is 0. The Morgan fingerprint density at radius 2 is 1.25 bits per heavy atom. The van der Waals surface area contributed by atoms with Crippen molar-refractivity contribution in [3.63, 3.8) is 0 Å². The summed E-state index contributed by atoms with van der Waals surface area (Å²) in [6.07, 6.45) is 0. The number of hydrogen-bond acceptors (Lipinski definition) is 7. The summed E-state index contributed by atoms with van der Waals surface area (Å²) in [6.45, 7) is 12.3. The van der Waals surface area contributed by atoms with E-state index < -0.39 is 11.1 Å². The Bertz CT molecular complexity index is 330. The van der Waals surface area contributed by atoms with Gasteiger partial charge in [0.15, 0.2) is 0 Å². The Labute approximate surface area is 121 Å². The van der Waals surface area contributed by atoms with Gasteiger partial charge in [-0.25, -0.2) is 0 Å². The number of nitrogens with one attached hydrogen (secondary N) is 2. The maximum absolute atomic E-state index is 8.80. The molecule has 0 rings (SSSR count). The lowest BCUT2D eigenvalue weighted by molar-refractivity contribution is 0.308. The minimum absolute atomic E-state index is 0.119. The summed E-state index contributed by atoms with van der Waals surface area (Å²) in [5.41, 5.74) is 6.41. The van der Waals surface area contributed by atoms with Crippen LogP contribution >= 0.6 is 0 Å². The molecule has 20 heavy (non-hydrogen) atoms. The van der Waals surface area contributed by atoms with E-state index in [9.17, 15) is 0 Å². The van der Waals surface area contributed by atoms with Crippen LogP contribution < -0.4 is 16.4 Å². The van der Waals surface area contributed by atoms with Gasteiger partial charge in [0, 0.05) is 19.1 Å². The predicted octanol–water partition coefficient (Wildman–Crippen LogP) is 0.750. The lowest BCUT2D eigenvalue weighted by atomic mass is 9.98. The van der Waals surface area contributed by atoms with Crippen LogP contribution in [-0.4, -0.2) is 52.0 Å². The van der Waals surface area contributed by atoms with Crippen molar-refractivity contribution < 1.29 is 10.4 Å². The van der Waals surface area contributed by atoms with Gasteiger partial charge in [0.1, 0.15) is 0 Å². The highest BCUT2D eigenvalue weighted by Crippen LogP contribution is 2.06. The van der Waals surface area contributed by atoms with Crippen molar-refractivity contribution in [1.82, 2.24) is 10.6 Å². The van der Waals surface area contributed by atoms with E-state index in [1.807, 2.05) is 27.7 Å². The highest BCUT2D eigenvalue weighted by molar-refractivity contribution is 5.90. The topological polar surface area (TPSA) is 115 Å². The molecule has 0 fully saturated rings. The molecule has 7 heteroatoms. The SMILES string of the molecule is C/C(=N\O)C(C)(C)NCC(N)CNC(C)(C)/C(C)=N/O. The molecule has 0 unspecified atom stereocenters. The van der Waals surface area contributed by atoms with E-state index in [1.54, 1.807) is 13.8 Å². The Morgan fingerprint density at radius 1 is 0.950 bits per heavy atom. The number of nitrogens with two attached hydrogens (primary N) is 1. The molecule has 0 aliphatic carbocycles. The van der Waals surface area contributed by atoms with Crippen LogP contribution in [0.3, 0.4) is 0 Å². The lowest BCUT2D eigenvalue weighted by Gasteiger charge is -2.30. The van der Waals surface area contributed by atoms with Crippen molar-refractivity contribution >= 4 is 11.4 Å². The predicted molar refractivity (Wildman–Crippen MR) is 81.9 cm³/mol. The minimum atomic E-state index is -0.412. The largest absolute Gasteiger partial charge is 0.411 e. The van der Waals surface area contributed by atoms with Crippen LogP contribution in [0.25, 0.3) is 0 Å². The first-order valence-corrected chi connectivity index (χ1v) is 6.70. The molecule has 6 N–H and O–H groups in total. The first kappa shape index (κ1) is 18.8. The Kier molecular flexibility index (Phi) is 7.12. The highest BCUT2D eigenvalue weighted by atomic mass is 16.4. The van der Waals surface area contributed by atoms with Gasteiger partial charge in [0.05, 0.1) is 22.5 Å². The molecule has 7 nitrogen and oxygen atoms in total. The Balaban J connectivity index is 4.30. The molecular formula is C13H29N5O2. The van der Waals surface area contributed by atoms with Crippen LogP contribution in [0.4, 0.5) is 0 Å². The monoisotopic (exact) mass is 287 g/mol.